The van der Waals surface area contributed by atoms with Crippen molar-refractivity contribution in [1.29, 1.82) is 0 Å². The van der Waals surface area contributed by atoms with Gasteiger partial charge in [-0.15, -0.1) is 0 Å². The Bertz CT molecular complexity index is 793. The quantitative estimate of drug-likeness (QED) is 0.361. The van der Waals surface area contributed by atoms with Crippen LogP contribution in [-0.2, 0) is 11.3 Å². The Morgan fingerprint density at radius 1 is 1.14 bits per heavy atom. The number of aliphatic imine (C=N–C) groups is 1. The minimum absolute atomic E-state index is 0.0718. The fraction of sp³-hybridized carbons (Fsp3) is 0.364. The summed E-state index contributed by atoms with van der Waals surface area (Å²) in [6, 6.07) is 18.0. The Balaban J connectivity index is 1.48. The summed E-state index contributed by atoms with van der Waals surface area (Å²) in [5.74, 6) is 1.70. The maximum atomic E-state index is 11.5. The first-order valence-electron chi connectivity index (χ1n) is 10.0. The predicted molar refractivity (Wildman–Crippen MR) is 116 cm³/mol. The molecule has 0 atom stereocenters. The molecule has 1 aliphatic rings. The maximum absolute atomic E-state index is 11.5. The number of carbonyl (C=O) groups excluding carboxylic acids is 1. The lowest BCUT2D eigenvalue weighted by Gasteiger charge is -2.28. The van der Waals surface area contributed by atoms with E-state index in [0.717, 1.165) is 36.0 Å². The summed E-state index contributed by atoms with van der Waals surface area (Å²) in [6.07, 6.45) is 0. The zero-order chi connectivity index (χ0) is 20.3. The number of hydrogen-bond acceptors (Lipinski definition) is 4. The molecule has 3 N–H and O–H groups in total. The first-order chi connectivity index (χ1) is 14.2. The summed E-state index contributed by atoms with van der Waals surface area (Å²) < 4.78 is 5.70. The summed E-state index contributed by atoms with van der Waals surface area (Å²) in [4.78, 5) is 18.3. The van der Waals surface area contributed by atoms with Gasteiger partial charge in [0.25, 0.3) is 0 Å². The van der Waals surface area contributed by atoms with Crippen molar-refractivity contribution in [2.24, 2.45) is 4.99 Å². The van der Waals surface area contributed by atoms with Crippen molar-refractivity contribution in [3.63, 3.8) is 0 Å². The molecule has 0 saturated carbocycles. The van der Waals surface area contributed by atoms with Crippen LogP contribution in [0.4, 0.5) is 5.69 Å². The van der Waals surface area contributed by atoms with Gasteiger partial charge in [0.2, 0.25) is 5.91 Å². The van der Waals surface area contributed by atoms with Gasteiger partial charge in [0.05, 0.1) is 19.6 Å². The first kappa shape index (κ1) is 20.5. The molecule has 1 heterocycles. The van der Waals surface area contributed by atoms with Gasteiger partial charge in [-0.1, -0.05) is 30.3 Å². The minimum atomic E-state index is 0.0718. The molecule has 0 bridgehead atoms. The van der Waals surface area contributed by atoms with E-state index in [9.17, 15) is 4.79 Å². The molecular formula is C22H29N5O2. The summed E-state index contributed by atoms with van der Waals surface area (Å²) >= 11 is 0. The van der Waals surface area contributed by atoms with Crippen molar-refractivity contribution in [3.05, 3.63) is 60.2 Å². The largest absolute Gasteiger partial charge is 0.492 e. The number of benzene rings is 2. The Morgan fingerprint density at radius 2 is 1.93 bits per heavy atom. The Kier molecular flexibility index (Phi) is 7.74. The van der Waals surface area contributed by atoms with Gasteiger partial charge in [0.1, 0.15) is 12.4 Å². The van der Waals surface area contributed by atoms with E-state index < -0.39 is 0 Å². The molecule has 154 valence electrons. The average Bonchev–Trinajstić information content (AvgIpc) is 2.76. The molecule has 3 rings (SSSR count). The second-order valence-corrected chi connectivity index (χ2v) is 6.72. The number of nitrogens with one attached hydrogen (secondary N) is 3. The van der Waals surface area contributed by atoms with Crippen LogP contribution in [0.5, 0.6) is 5.75 Å². The van der Waals surface area contributed by atoms with Gasteiger partial charge in [-0.3, -0.25) is 4.79 Å². The fourth-order valence-electron chi connectivity index (χ4n) is 3.04. The van der Waals surface area contributed by atoms with E-state index in [4.69, 9.17) is 4.74 Å². The number of para-hydroxylation sites is 1. The van der Waals surface area contributed by atoms with Crippen LogP contribution in [0.1, 0.15) is 12.5 Å². The van der Waals surface area contributed by atoms with Gasteiger partial charge in [0, 0.05) is 25.3 Å². The lowest BCUT2D eigenvalue weighted by molar-refractivity contribution is -0.120. The molecule has 1 amide bonds. The van der Waals surface area contributed by atoms with Gasteiger partial charge in [0.15, 0.2) is 5.96 Å². The zero-order valence-corrected chi connectivity index (χ0v) is 16.9. The lowest BCUT2D eigenvalue weighted by Crippen LogP contribution is -2.47. The lowest BCUT2D eigenvalue weighted by atomic mass is 10.2. The predicted octanol–water partition coefficient (Wildman–Crippen LogP) is 1.76. The van der Waals surface area contributed by atoms with E-state index in [0.29, 0.717) is 32.8 Å². The average molecular weight is 396 g/mol. The molecule has 7 nitrogen and oxygen atoms in total. The molecule has 2 aromatic carbocycles. The number of piperazine rings is 1. The summed E-state index contributed by atoms with van der Waals surface area (Å²) in [5.41, 5.74) is 2.18. The SMILES string of the molecule is CCNC(=NCc1ccc(N2CCNC(=O)C2)cc1)NCCOc1ccccc1. The second-order valence-electron chi connectivity index (χ2n) is 6.72. The monoisotopic (exact) mass is 395 g/mol. The van der Waals surface area contributed by atoms with Gasteiger partial charge in [-0.25, -0.2) is 4.99 Å². The van der Waals surface area contributed by atoms with E-state index in [1.54, 1.807) is 0 Å². The van der Waals surface area contributed by atoms with Crippen LogP contribution < -0.4 is 25.6 Å². The third-order valence-corrected chi connectivity index (χ3v) is 4.51. The number of rotatable bonds is 8. The molecular weight excluding hydrogens is 366 g/mol. The molecule has 0 aromatic heterocycles. The number of nitrogens with zero attached hydrogens (tertiary/aromatic N) is 2. The second kappa shape index (κ2) is 10.9. The van der Waals surface area contributed by atoms with Crippen molar-refractivity contribution >= 4 is 17.6 Å². The van der Waals surface area contributed by atoms with Crippen LogP contribution in [0.3, 0.4) is 0 Å². The molecule has 2 aromatic rings. The Hall–Kier alpha value is -3.22. The van der Waals surface area contributed by atoms with E-state index in [1.807, 2.05) is 37.3 Å². The zero-order valence-electron chi connectivity index (χ0n) is 16.9. The molecule has 7 heteroatoms. The number of amides is 1. The maximum Gasteiger partial charge on any atom is 0.239 e. The number of anilines is 1. The molecule has 0 radical (unpaired) electrons. The van der Waals surface area contributed by atoms with Crippen LogP contribution in [-0.4, -0.2) is 51.2 Å². The summed E-state index contributed by atoms with van der Waals surface area (Å²) in [6.45, 7) is 6.58. The molecule has 0 aliphatic carbocycles. The van der Waals surface area contributed by atoms with Gasteiger partial charge >= 0.3 is 0 Å². The highest BCUT2D eigenvalue weighted by Gasteiger charge is 2.16. The molecule has 29 heavy (non-hydrogen) atoms. The topological polar surface area (TPSA) is 78.0 Å². The van der Waals surface area contributed by atoms with Gasteiger partial charge in [-0.2, -0.15) is 0 Å². The van der Waals surface area contributed by atoms with Gasteiger partial charge in [-0.05, 0) is 36.8 Å². The van der Waals surface area contributed by atoms with Crippen LogP contribution in [0, 0.1) is 0 Å². The van der Waals surface area contributed by atoms with E-state index in [-0.39, 0.29) is 5.91 Å². The first-order valence-corrected chi connectivity index (χ1v) is 10.0. The summed E-state index contributed by atoms with van der Waals surface area (Å²) in [7, 11) is 0. The third kappa shape index (κ3) is 6.71. The van der Waals surface area contributed by atoms with Crippen LogP contribution in [0.25, 0.3) is 0 Å². The Morgan fingerprint density at radius 3 is 2.66 bits per heavy atom. The van der Waals surface area contributed by atoms with E-state index in [2.05, 4.69) is 50.1 Å². The fourth-order valence-corrected chi connectivity index (χ4v) is 3.04. The van der Waals surface area contributed by atoms with Crippen molar-refractivity contribution in [2.75, 3.05) is 44.2 Å². The molecule has 0 unspecified atom stereocenters. The number of hydrogen-bond donors (Lipinski definition) is 3. The van der Waals surface area contributed by atoms with Crippen LogP contribution in [0.15, 0.2) is 59.6 Å². The van der Waals surface area contributed by atoms with Gasteiger partial charge < -0.3 is 25.6 Å². The highest BCUT2D eigenvalue weighted by atomic mass is 16.5. The molecule has 1 aliphatic heterocycles. The standard InChI is InChI=1S/C22H29N5O2/c1-2-23-22(25-13-15-29-20-6-4-3-5-7-20)26-16-18-8-10-19(11-9-18)27-14-12-24-21(28)17-27/h3-11H,2,12-17H2,1H3,(H,24,28)(H2,23,25,26). The van der Waals surface area contributed by atoms with E-state index in [1.165, 1.54) is 0 Å². The van der Waals surface area contributed by atoms with Crippen molar-refractivity contribution in [3.8, 4) is 5.75 Å². The third-order valence-electron chi connectivity index (χ3n) is 4.51. The van der Waals surface area contributed by atoms with E-state index >= 15 is 0 Å². The highest BCUT2D eigenvalue weighted by Crippen LogP contribution is 2.16. The van der Waals surface area contributed by atoms with Crippen molar-refractivity contribution < 1.29 is 9.53 Å². The van der Waals surface area contributed by atoms with Crippen LogP contribution in [0.2, 0.25) is 0 Å². The highest BCUT2D eigenvalue weighted by molar-refractivity contribution is 5.82. The number of guanidine groups is 1. The molecule has 1 saturated heterocycles. The smallest absolute Gasteiger partial charge is 0.239 e. The normalized spacial score (nSPS) is 14.3. The number of carbonyl (C=O) groups is 1. The van der Waals surface area contributed by atoms with Crippen molar-refractivity contribution in [2.45, 2.75) is 13.5 Å². The molecule has 1 fully saturated rings. The Labute approximate surface area is 172 Å². The minimum Gasteiger partial charge on any atom is -0.492 e. The summed E-state index contributed by atoms with van der Waals surface area (Å²) in [5, 5.41) is 9.39. The van der Waals surface area contributed by atoms with Crippen LogP contribution >= 0.6 is 0 Å². The molecule has 0 spiro atoms. The number of ether oxygens (including phenoxy) is 1. The van der Waals surface area contributed by atoms with Crippen molar-refractivity contribution in [1.82, 2.24) is 16.0 Å².